The fraction of sp³-hybridized carbons (Fsp3) is 0.538. The molecule has 1 aromatic rings. The molecule has 2 N–H and O–H groups in total. The molecular formula is C13H18ClFN2. The Morgan fingerprint density at radius 1 is 1.53 bits per heavy atom. The van der Waals surface area contributed by atoms with Gasteiger partial charge in [0.2, 0.25) is 0 Å². The molecule has 1 heterocycles. The van der Waals surface area contributed by atoms with Crippen LogP contribution in [0.15, 0.2) is 18.2 Å². The van der Waals surface area contributed by atoms with Crippen LogP contribution in [0.4, 0.5) is 4.39 Å². The third kappa shape index (κ3) is 2.79. The molecule has 94 valence electrons. The van der Waals surface area contributed by atoms with Crippen molar-refractivity contribution >= 4 is 11.6 Å². The van der Waals surface area contributed by atoms with Crippen molar-refractivity contribution in [1.29, 1.82) is 0 Å². The highest BCUT2D eigenvalue weighted by Crippen LogP contribution is 2.30. The van der Waals surface area contributed by atoms with Crippen molar-refractivity contribution in [3.63, 3.8) is 0 Å². The largest absolute Gasteiger partial charge is 0.329 e. The molecule has 2 rings (SSSR count). The van der Waals surface area contributed by atoms with E-state index in [-0.39, 0.29) is 11.9 Å². The topological polar surface area (TPSA) is 29.3 Å². The summed E-state index contributed by atoms with van der Waals surface area (Å²) in [5.41, 5.74) is 6.72. The molecule has 17 heavy (non-hydrogen) atoms. The zero-order valence-corrected chi connectivity index (χ0v) is 10.8. The van der Waals surface area contributed by atoms with Gasteiger partial charge in [0.15, 0.2) is 0 Å². The Morgan fingerprint density at radius 2 is 2.29 bits per heavy atom. The molecule has 2 nitrogen and oxygen atoms in total. The normalized spacial score (nSPS) is 22.9. The van der Waals surface area contributed by atoms with Gasteiger partial charge in [-0.05, 0) is 50.1 Å². The number of nitrogens with zero attached hydrogens (tertiary/aromatic N) is 1. The summed E-state index contributed by atoms with van der Waals surface area (Å²) in [7, 11) is 0. The van der Waals surface area contributed by atoms with Crippen molar-refractivity contribution in [3.8, 4) is 0 Å². The molecule has 0 aliphatic carbocycles. The Bertz CT molecular complexity index is 377. The first-order valence-corrected chi connectivity index (χ1v) is 6.41. The van der Waals surface area contributed by atoms with Crippen LogP contribution < -0.4 is 5.73 Å². The molecule has 2 unspecified atom stereocenters. The SMILES string of the molecule is CC1CCCN1C(CN)c1cc(F)cc(Cl)c1. The maximum atomic E-state index is 13.4. The van der Waals surface area contributed by atoms with E-state index in [1.807, 2.05) is 6.07 Å². The van der Waals surface area contributed by atoms with E-state index in [4.69, 9.17) is 17.3 Å². The lowest BCUT2D eigenvalue weighted by molar-refractivity contribution is 0.195. The van der Waals surface area contributed by atoms with E-state index in [1.165, 1.54) is 25.0 Å². The van der Waals surface area contributed by atoms with Crippen molar-refractivity contribution < 1.29 is 4.39 Å². The van der Waals surface area contributed by atoms with Crippen LogP contribution in [0.1, 0.15) is 31.4 Å². The summed E-state index contributed by atoms with van der Waals surface area (Å²) in [5.74, 6) is -0.294. The summed E-state index contributed by atoms with van der Waals surface area (Å²) in [6.45, 7) is 3.71. The maximum Gasteiger partial charge on any atom is 0.125 e. The van der Waals surface area contributed by atoms with E-state index in [0.717, 1.165) is 12.1 Å². The monoisotopic (exact) mass is 256 g/mol. The second-order valence-electron chi connectivity index (χ2n) is 4.68. The minimum atomic E-state index is -0.294. The van der Waals surface area contributed by atoms with E-state index in [0.29, 0.717) is 17.6 Å². The van der Waals surface area contributed by atoms with Crippen LogP contribution in [0, 0.1) is 5.82 Å². The average molecular weight is 257 g/mol. The summed E-state index contributed by atoms with van der Waals surface area (Å²) < 4.78 is 13.4. The number of likely N-dealkylation sites (tertiary alicyclic amines) is 1. The van der Waals surface area contributed by atoms with Crippen LogP contribution in [0.2, 0.25) is 5.02 Å². The van der Waals surface area contributed by atoms with Crippen molar-refractivity contribution in [3.05, 3.63) is 34.6 Å². The number of hydrogen-bond donors (Lipinski definition) is 1. The van der Waals surface area contributed by atoms with Crippen LogP contribution in [-0.2, 0) is 0 Å². The Balaban J connectivity index is 2.28. The van der Waals surface area contributed by atoms with E-state index in [2.05, 4.69) is 11.8 Å². The minimum absolute atomic E-state index is 0.0701. The smallest absolute Gasteiger partial charge is 0.125 e. The van der Waals surface area contributed by atoms with Crippen molar-refractivity contribution in [2.45, 2.75) is 31.8 Å². The molecule has 0 radical (unpaired) electrons. The number of benzene rings is 1. The van der Waals surface area contributed by atoms with Crippen LogP contribution in [-0.4, -0.2) is 24.0 Å². The molecule has 2 atom stereocenters. The Morgan fingerprint density at radius 3 is 2.82 bits per heavy atom. The summed E-state index contributed by atoms with van der Waals surface area (Å²) in [6, 6.07) is 5.25. The first-order chi connectivity index (χ1) is 8.11. The van der Waals surface area contributed by atoms with Gasteiger partial charge in [-0.3, -0.25) is 4.90 Å². The first-order valence-electron chi connectivity index (χ1n) is 6.03. The molecule has 0 aromatic heterocycles. The van der Waals surface area contributed by atoms with Gasteiger partial charge >= 0.3 is 0 Å². The molecule has 1 aliphatic heterocycles. The van der Waals surface area contributed by atoms with Gasteiger partial charge in [0.25, 0.3) is 0 Å². The number of hydrogen-bond acceptors (Lipinski definition) is 2. The fourth-order valence-corrected chi connectivity index (χ4v) is 2.88. The van der Waals surface area contributed by atoms with Crippen LogP contribution >= 0.6 is 11.6 Å². The van der Waals surface area contributed by atoms with Crippen LogP contribution in [0.5, 0.6) is 0 Å². The summed E-state index contributed by atoms with van der Waals surface area (Å²) in [4.78, 5) is 2.34. The summed E-state index contributed by atoms with van der Waals surface area (Å²) in [5, 5.41) is 0.435. The maximum absolute atomic E-state index is 13.4. The Kier molecular flexibility index (Phi) is 4.02. The first kappa shape index (κ1) is 12.8. The van der Waals surface area contributed by atoms with Crippen LogP contribution in [0.3, 0.4) is 0 Å². The lowest BCUT2D eigenvalue weighted by Gasteiger charge is -2.31. The number of halogens is 2. The zero-order chi connectivity index (χ0) is 12.4. The molecule has 1 aromatic carbocycles. The summed E-state index contributed by atoms with van der Waals surface area (Å²) in [6.07, 6.45) is 2.36. The minimum Gasteiger partial charge on any atom is -0.329 e. The van der Waals surface area contributed by atoms with Crippen LogP contribution in [0.25, 0.3) is 0 Å². The third-order valence-corrected chi connectivity index (χ3v) is 3.72. The predicted molar refractivity (Wildman–Crippen MR) is 68.6 cm³/mol. The predicted octanol–water partition coefficient (Wildman–Crippen LogP) is 2.96. The van der Waals surface area contributed by atoms with Gasteiger partial charge in [0, 0.05) is 23.7 Å². The Hall–Kier alpha value is -0.640. The highest BCUT2D eigenvalue weighted by atomic mass is 35.5. The molecule has 1 aliphatic rings. The van der Waals surface area contributed by atoms with Crippen molar-refractivity contribution in [2.24, 2.45) is 5.73 Å². The molecule has 0 saturated carbocycles. The van der Waals surface area contributed by atoms with Gasteiger partial charge in [-0.25, -0.2) is 4.39 Å². The number of rotatable bonds is 3. The van der Waals surface area contributed by atoms with Gasteiger partial charge < -0.3 is 5.73 Å². The van der Waals surface area contributed by atoms with E-state index in [9.17, 15) is 4.39 Å². The molecule has 0 spiro atoms. The average Bonchev–Trinajstić information content (AvgIpc) is 2.65. The van der Waals surface area contributed by atoms with Gasteiger partial charge in [0.1, 0.15) is 5.82 Å². The van der Waals surface area contributed by atoms with Crippen molar-refractivity contribution in [2.75, 3.05) is 13.1 Å². The van der Waals surface area contributed by atoms with E-state index < -0.39 is 0 Å². The zero-order valence-electron chi connectivity index (χ0n) is 10.00. The Labute approximate surface area is 107 Å². The molecule has 4 heteroatoms. The number of nitrogens with two attached hydrogens (primary N) is 1. The second-order valence-corrected chi connectivity index (χ2v) is 5.12. The molecular weight excluding hydrogens is 239 g/mol. The van der Waals surface area contributed by atoms with Crippen molar-refractivity contribution in [1.82, 2.24) is 4.90 Å². The van der Waals surface area contributed by atoms with Gasteiger partial charge in [-0.1, -0.05) is 11.6 Å². The summed E-state index contributed by atoms with van der Waals surface area (Å²) >= 11 is 5.89. The van der Waals surface area contributed by atoms with Gasteiger partial charge in [-0.2, -0.15) is 0 Å². The van der Waals surface area contributed by atoms with Gasteiger partial charge in [0.05, 0.1) is 0 Å². The fourth-order valence-electron chi connectivity index (χ4n) is 2.65. The standard InChI is InChI=1S/C13H18ClFN2/c1-9-3-2-4-17(9)13(8-16)10-5-11(14)7-12(15)6-10/h5-7,9,13H,2-4,8,16H2,1H3. The quantitative estimate of drug-likeness (QED) is 0.901. The molecule has 1 saturated heterocycles. The lowest BCUT2D eigenvalue weighted by Crippen LogP contribution is -2.36. The second kappa shape index (κ2) is 5.34. The molecule has 0 bridgehead atoms. The highest BCUT2D eigenvalue weighted by Gasteiger charge is 2.28. The lowest BCUT2D eigenvalue weighted by atomic mass is 10.0. The van der Waals surface area contributed by atoms with Gasteiger partial charge in [-0.15, -0.1) is 0 Å². The molecule has 1 fully saturated rings. The van der Waals surface area contributed by atoms with E-state index >= 15 is 0 Å². The molecule has 0 amide bonds. The third-order valence-electron chi connectivity index (χ3n) is 3.50. The van der Waals surface area contributed by atoms with E-state index in [1.54, 1.807) is 0 Å². The highest BCUT2D eigenvalue weighted by molar-refractivity contribution is 6.30.